The van der Waals surface area contributed by atoms with Gasteiger partial charge in [-0.05, 0) is 25.3 Å². The van der Waals surface area contributed by atoms with E-state index in [-0.39, 0.29) is 11.4 Å². The van der Waals surface area contributed by atoms with Crippen molar-refractivity contribution in [2.24, 2.45) is 5.73 Å². The van der Waals surface area contributed by atoms with Crippen molar-refractivity contribution >= 4 is 17.0 Å². The van der Waals surface area contributed by atoms with Crippen LogP contribution in [0.25, 0.3) is 11.1 Å². The van der Waals surface area contributed by atoms with E-state index in [0.717, 1.165) is 43.2 Å². The average molecular weight is 288 g/mol. The van der Waals surface area contributed by atoms with Crippen LogP contribution < -0.4 is 11.1 Å². The highest BCUT2D eigenvalue weighted by Crippen LogP contribution is 2.29. The monoisotopic (exact) mass is 288 g/mol. The summed E-state index contributed by atoms with van der Waals surface area (Å²) in [6.45, 7) is 2.47. The third-order valence-corrected chi connectivity index (χ3v) is 4.33. The van der Waals surface area contributed by atoms with Crippen LogP contribution in [-0.4, -0.2) is 28.1 Å². The normalized spacial score (nSPS) is 17.2. The van der Waals surface area contributed by atoms with Gasteiger partial charge in [0.2, 0.25) is 0 Å². The Morgan fingerprint density at radius 1 is 1.48 bits per heavy atom. The molecule has 6 heteroatoms. The Labute approximate surface area is 123 Å². The molecule has 1 saturated carbocycles. The number of amides is 1. The number of rotatable bonds is 4. The zero-order valence-corrected chi connectivity index (χ0v) is 12.2. The summed E-state index contributed by atoms with van der Waals surface area (Å²) in [6, 6.07) is 1.80. The zero-order valence-electron chi connectivity index (χ0n) is 12.2. The predicted octanol–water partition coefficient (Wildman–Crippen LogP) is 1.79. The molecule has 6 nitrogen and oxygen atoms in total. The van der Waals surface area contributed by atoms with Crippen molar-refractivity contribution in [3.05, 3.63) is 23.5 Å². The minimum absolute atomic E-state index is 0.125. The molecule has 0 spiro atoms. The van der Waals surface area contributed by atoms with Crippen molar-refractivity contribution in [3.8, 4) is 0 Å². The molecule has 0 atom stereocenters. The van der Waals surface area contributed by atoms with E-state index in [1.165, 1.54) is 6.20 Å². The zero-order chi connectivity index (χ0) is 14.9. The number of nitrogens with two attached hydrogens (primary N) is 1. The Hall–Kier alpha value is -1.95. The molecule has 1 aliphatic rings. The predicted molar refractivity (Wildman–Crippen MR) is 78.9 cm³/mol. The molecule has 0 bridgehead atoms. The molecule has 3 rings (SSSR count). The van der Waals surface area contributed by atoms with Gasteiger partial charge in [-0.25, -0.2) is 4.98 Å². The number of pyridine rings is 1. The summed E-state index contributed by atoms with van der Waals surface area (Å²) in [5.74, 6) is -0.125. The van der Waals surface area contributed by atoms with Crippen molar-refractivity contribution < 1.29 is 9.32 Å². The standard InChI is InChI=1S/C15H20N4O2/c1-2-12-11-7-10(8-17-14(11)21-19-12)13(20)18-15(9-16)5-3-4-6-15/h7-8H,2-6,9,16H2,1H3,(H,18,20). The Morgan fingerprint density at radius 2 is 2.24 bits per heavy atom. The maximum atomic E-state index is 12.5. The average Bonchev–Trinajstić information content (AvgIpc) is 3.13. The highest BCUT2D eigenvalue weighted by Gasteiger charge is 2.34. The van der Waals surface area contributed by atoms with Crippen molar-refractivity contribution in [2.45, 2.75) is 44.6 Å². The van der Waals surface area contributed by atoms with Crippen LogP contribution in [0, 0.1) is 0 Å². The van der Waals surface area contributed by atoms with Crippen LogP contribution >= 0.6 is 0 Å². The number of hydrogen-bond acceptors (Lipinski definition) is 5. The van der Waals surface area contributed by atoms with Gasteiger partial charge in [0.1, 0.15) is 0 Å². The maximum absolute atomic E-state index is 12.5. The molecule has 0 radical (unpaired) electrons. The summed E-state index contributed by atoms with van der Waals surface area (Å²) < 4.78 is 5.14. The van der Waals surface area contributed by atoms with Crippen LogP contribution in [0.2, 0.25) is 0 Å². The number of aryl methyl sites for hydroxylation is 1. The fourth-order valence-electron chi connectivity index (χ4n) is 3.00. The van der Waals surface area contributed by atoms with Crippen LogP contribution in [0.15, 0.2) is 16.8 Å². The van der Waals surface area contributed by atoms with Crippen LogP contribution in [0.4, 0.5) is 0 Å². The van der Waals surface area contributed by atoms with E-state index in [2.05, 4.69) is 15.5 Å². The van der Waals surface area contributed by atoms with E-state index in [9.17, 15) is 4.79 Å². The number of hydrogen-bond donors (Lipinski definition) is 2. The summed E-state index contributed by atoms with van der Waals surface area (Å²) >= 11 is 0. The van der Waals surface area contributed by atoms with Crippen molar-refractivity contribution in [1.82, 2.24) is 15.5 Å². The topological polar surface area (TPSA) is 94.0 Å². The lowest BCUT2D eigenvalue weighted by atomic mass is 9.97. The van der Waals surface area contributed by atoms with E-state index < -0.39 is 0 Å². The smallest absolute Gasteiger partial charge is 0.257 e. The van der Waals surface area contributed by atoms with Gasteiger partial charge in [0, 0.05) is 12.7 Å². The van der Waals surface area contributed by atoms with E-state index in [1.807, 2.05) is 6.92 Å². The molecule has 2 aromatic rings. The fourth-order valence-corrected chi connectivity index (χ4v) is 3.00. The lowest BCUT2D eigenvalue weighted by molar-refractivity contribution is 0.0903. The molecule has 0 aliphatic heterocycles. The molecule has 0 unspecified atom stereocenters. The van der Waals surface area contributed by atoms with Crippen molar-refractivity contribution in [3.63, 3.8) is 0 Å². The molecule has 1 aliphatic carbocycles. The number of nitrogens with one attached hydrogen (secondary N) is 1. The highest BCUT2D eigenvalue weighted by atomic mass is 16.5. The first-order chi connectivity index (χ1) is 10.2. The van der Waals surface area contributed by atoms with Crippen LogP contribution in [0.5, 0.6) is 0 Å². The summed E-state index contributed by atoms with van der Waals surface area (Å²) in [5.41, 5.74) is 7.42. The Bertz CT molecular complexity index is 659. The summed E-state index contributed by atoms with van der Waals surface area (Å²) in [6.07, 6.45) is 6.38. The number of carbonyl (C=O) groups excluding carboxylic acids is 1. The Balaban J connectivity index is 1.87. The minimum Gasteiger partial charge on any atom is -0.345 e. The summed E-state index contributed by atoms with van der Waals surface area (Å²) in [7, 11) is 0. The van der Waals surface area contributed by atoms with E-state index in [1.54, 1.807) is 6.07 Å². The number of nitrogens with zero attached hydrogens (tertiary/aromatic N) is 2. The maximum Gasteiger partial charge on any atom is 0.257 e. The molecule has 0 saturated heterocycles. The Kier molecular flexibility index (Phi) is 3.63. The SMILES string of the molecule is CCc1noc2ncc(C(=O)NC3(CN)CCCC3)cc12. The second-order valence-corrected chi connectivity index (χ2v) is 5.71. The molecule has 2 aromatic heterocycles. The van der Waals surface area contributed by atoms with Gasteiger partial charge in [0.15, 0.2) is 0 Å². The fraction of sp³-hybridized carbons (Fsp3) is 0.533. The summed E-state index contributed by atoms with van der Waals surface area (Å²) in [5, 5.41) is 7.86. The van der Waals surface area contributed by atoms with Gasteiger partial charge < -0.3 is 15.6 Å². The highest BCUT2D eigenvalue weighted by molar-refractivity contribution is 5.97. The van der Waals surface area contributed by atoms with Gasteiger partial charge in [-0.1, -0.05) is 24.9 Å². The quantitative estimate of drug-likeness (QED) is 0.894. The van der Waals surface area contributed by atoms with Gasteiger partial charge >= 0.3 is 0 Å². The first kappa shape index (κ1) is 14.0. The molecular formula is C15H20N4O2. The largest absolute Gasteiger partial charge is 0.345 e. The molecular weight excluding hydrogens is 268 g/mol. The molecule has 0 aromatic carbocycles. The van der Waals surface area contributed by atoms with Gasteiger partial charge in [0.05, 0.1) is 22.2 Å². The van der Waals surface area contributed by atoms with E-state index in [0.29, 0.717) is 17.8 Å². The number of carbonyl (C=O) groups is 1. The van der Waals surface area contributed by atoms with Gasteiger partial charge in [0.25, 0.3) is 11.6 Å². The first-order valence-electron chi connectivity index (χ1n) is 7.44. The lowest BCUT2D eigenvalue weighted by Crippen LogP contribution is -2.51. The molecule has 2 heterocycles. The molecule has 21 heavy (non-hydrogen) atoms. The van der Waals surface area contributed by atoms with E-state index >= 15 is 0 Å². The van der Waals surface area contributed by atoms with Gasteiger partial charge in [-0.3, -0.25) is 4.79 Å². The van der Waals surface area contributed by atoms with Gasteiger partial charge in [-0.15, -0.1) is 0 Å². The third kappa shape index (κ3) is 2.51. The van der Waals surface area contributed by atoms with Crippen LogP contribution in [0.1, 0.15) is 48.7 Å². The lowest BCUT2D eigenvalue weighted by Gasteiger charge is -2.28. The van der Waals surface area contributed by atoms with Crippen LogP contribution in [-0.2, 0) is 6.42 Å². The summed E-state index contributed by atoms with van der Waals surface area (Å²) in [4.78, 5) is 16.6. The second-order valence-electron chi connectivity index (χ2n) is 5.71. The first-order valence-corrected chi connectivity index (χ1v) is 7.44. The Morgan fingerprint density at radius 3 is 2.90 bits per heavy atom. The van der Waals surface area contributed by atoms with Crippen molar-refractivity contribution in [2.75, 3.05) is 6.54 Å². The molecule has 3 N–H and O–H groups in total. The number of fused-ring (bicyclic) bond motifs is 1. The number of aromatic nitrogens is 2. The molecule has 1 amide bonds. The van der Waals surface area contributed by atoms with Gasteiger partial charge in [-0.2, -0.15) is 0 Å². The minimum atomic E-state index is -0.256. The second kappa shape index (κ2) is 5.44. The van der Waals surface area contributed by atoms with Crippen LogP contribution in [0.3, 0.4) is 0 Å². The van der Waals surface area contributed by atoms with E-state index in [4.69, 9.17) is 10.3 Å². The van der Waals surface area contributed by atoms with Crippen molar-refractivity contribution in [1.29, 1.82) is 0 Å². The molecule has 112 valence electrons. The third-order valence-electron chi connectivity index (χ3n) is 4.33. The molecule has 1 fully saturated rings.